The fourth-order valence-electron chi connectivity index (χ4n) is 4.76. The van der Waals surface area contributed by atoms with Gasteiger partial charge in [-0.3, -0.25) is 22.8 Å². The third-order valence-electron chi connectivity index (χ3n) is 7.38. The summed E-state index contributed by atoms with van der Waals surface area (Å²) in [6, 6.07) is 8.52. The van der Waals surface area contributed by atoms with Gasteiger partial charge in [0.05, 0.1) is 45.9 Å². The highest BCUT2D eigenvalue weighted by Gasteiger charge is 2.27. The molecule has 27 nitrogen and oxygen atoms in total. The Kier molecular flexibility index (Phi) is 14.4. The summed E-state index contributed by atoms with van der Waals surface area (Å²) in [5.41, 5.74) is -2.94. The molecule has 0 saturated carbocycles. The van der Waals surface area contributed by atoms with Crippen LogP contribution in [0.1, 0.15) is 0 Å². The number of aromatic hydroxyl groups is 1. The van der Waals surface area contributed by atoms with Crippen LogP contribution in [0.2, 0.25) is 0 Å². The highest BCUT2D eigenvalue weighted by atomic mass is 32.3. The number of azo groups is 2. The summed E-state index contributed by atoms with van der Waals surface area (Å²) in [5.74, 6) is -4.32. The van der Waals surface area contributed by atoms with Crippen molar-refractivity contribution >= 4 is 110 Å². The van der Waals surface area contributed by atoms with E-state index >= 15 is 0 Å². The number of hydrogen-bond acceptors (Lipinski definition) is 22. The number of anilines is 1. The van der Waals surface area contributed by atoms with Crippen molar-refractivity contribution < 1.29 is 95.2 Å². The largest absolute Gasteiger partial charge is 0.505 e. The van der Waals surface area contributed by atoms with Crippen LogP contribution < -0.4 is 5.32 Å². The molecular formula is C27H27N5O22S7. The molecule has 0 aromatic heterocycles. The minimum absolute atomic E-state index is 0.129. The van der Waals surface area contributed by atoms with Gasteiger partial charge >= 0.3 is 20.8 Å². The van der Waals surface area contributed by atoms with Gasteiger partial charge in [-0.25, -0.2) is 25.2 Å². The second kappa shape index (κ2) is 18.0. The molecule has 34 heteroatoms. The molecule has 4 aromatic rings. The summed E-state index contributed by atoms with van der Waals surface area (Å²) in [4.78, 5) is -3.77. The topological polar surface area (TPSA) is 440 Å². The van der Waals surface area contributed by atoms with E-state index in [2.05, 4.69) is 34.1 Å². The van der Waals surface area contributed by atoms with Crippen LogP contribution in [0.5, 0.6) is 5.75 Å². The average Bonchev–Trinajstić information content (AvgIpc) is 3.10. The highest BCUT2D eigenvalue weighted by molar-refractivity contribution is 7.92. The van der Waals surface area contributed by atoms with Crippen molar-refractivity contribution in [3.05, 3.63) is 60.7 Å². The fraction of sp³-hybridized carbons (Fsp3) is 0.185. The third-order valence-corrected chi connectivity index (χ3v) is 13.9. The highest BCUT2D eigenvalue weighted by Crippen LogP contribution is 2.47. The van der Waals surface area contributed by atoms with Crippen LogP contribution in [-0.4, -0.2) is 117 Å². The van der Waals surface area contributed by atoms with Gasteiger partial charge in [-0.15, -0.1) is 15.3 Å². The van der Waals surface area contributed by atoms with Gasteiger partial charge in [-0.2, -0.15) is 47.2 Å². The molecule has 7 N–H and O–H groups in total. The van der Waals surface area contributed by atoms with Crippen molar-refractivity contribution in [2.75, 3.05) is 35.9 Å². The van der Waals surface area contributed by atoms with E-state index in [4.69, 9.17) is 9.11 Å². The summed E-state index contributed by atoms with van der Waals surface area (Å²) < 4.78 is 221. The maximum Gasteiger partial charge on any atom is 0.397 e. The molecule has 61 heavy (non-hydrogen) atoms. The zero-order valence-electron chi connectivity index (χ0n) is 29.7. The van der Waals surface area contributed by atoms with Crippen molar-refractivity contribution in [1.82, 2.24) is 0 Å². The van der Waals surface area contributed by atoms with E-state index in [0.29, 0.717) is 24.3 Å². The molecule has 0 fully saturated rings. The molecule has 0 spiro atoms. The Morgan fingerprint density at radius 2 is 1.03 bits per heavy atom. The quantitative estimate of drug-likeness (QED) is 0.0523. The van der Waals surface area contributed by atoms with Crippen molar-refractivity contribution in [3.63, 3.8) is 0 Å². The molecule has 0 bridgehead atoms. The van der Waals surface area contributed by atoms with Crippen molar-refractivity contribution in [1.29, 1.82) is 0 Å². The Morgan fingerprint density at radius 1 is 0.525 bits per heavy atom. The summed E-state index contributed by atoms with van der Waals surface area (Å²) >= 11 is 0. The molecule has 0 aliphatic rings. The Labute approximate surface area is 345 Å². The molecule has 0 aliphatic heterocycles. The van der Waals surface area contributed by atoms with Gasteiger partial charge in [-0.05, 0) is 60.7 Å². The van der Waals surface area contributed by atoms with E-state index in [1.54, 1.807) is 0 Å². The molecule has 0 atom stereocenters. The fourth-order valence-corrected chi connectivity index (χ4v) is 9.47. The Bertz CT molecular complexity index is 3250. The summed E-state index contributed by atoms with van der Waals surface area (Å²) in [6.45, 7) is -2.05. The number of rotatable bonds is 19. The summed E-state index contributed by atoms with van der Waals surface area (Å²) in [5, 5.41) is 27.6. The third kappa shape index (κ3) is 13.7. The molecule has 0 aliphatic carbocycles. The normalized spacial score (nSPS) is 13.7. The molecule has 0 radical (unpaired) electrons. The van der Waals surface area contributed by atoms with Gasteiger partial charge in [0.1, 0.15) is 32.7 Å². The molecule has 0 unspecified atom stereocenters. The van der Waals surface area contributed by atoms with E-state index in [9.17, 15) is 77.7 Å². The maximum atomic E-state index is 12.7. The lowest BCUT2D eigenvalue weighted by Gasteiger charge is -2.14. The number of hydrogen-bond donors (Lipinski definition) is 7. The molecule has 0 saturated heterocycles. The van der Waals surface area contributed by atoms with Crippen LogP contribution in [0.15, 0.2) is 101 Å². The molecular weight excluding hydrogens is 971 g/mol. The van der Waals surface area contributed by atoms with E-state index in [1.807, 2.05) is 0 Å². The SMILES string of the molecule is O=S(=O)(O)CNc1ccc2c(O)c(/N=N/c3ccc(S(=O)(=O)CCOS(=O)(=O)O)cc3S(=O)(=O)O)c(S(=O)(=O)O)cc2c1/N=N/c1ccc(S(=O)(=O)CCOS(=O)(=O)O)cc1. The van der Waals surface area contributed by atoms with Gasteiger partial charge in [0.15, 0.2) is 25.4 Å². The lowest BCUT2D eigenvalue weighted by molar-refractivity contribution is 0.282. The van der Waals surface area contributed by atoms with Crippen LogP contribution in [0.3, 0.4) is 0 Å². The maximum absolute atomic E-state index is 12.7. The number of fused-ring (bicyclic) bond motifs is 1. The standard InChI is InChI=1S/C27H27N5O22S7/c33-27-19-6-8-22(28-15-57(38,39)40)25(31-29-16-1-3-17(4-2-16)55(34,35)11-9-53-60(47,48)49)20(19)14-24(59(44,45)46)26(27)32-30-21-7-5-18(13-23(21)58(41,42)43)56(36,37)12-10-54-61(50,51)52/h1-8,13-14,28,33H,9-12,15H2,(H,38,39,40)(H,41,42,43)(H,44,45,46)(H,47,48,49)(H,50,51,52)/b31-29+,32-30+. The Hall–Kier alpha value is -4.69. The number of phenols is 1. The average molecular weight is 998 g/mol. The zero-order valence-corrected chi connectivity index (χ0v) is 35.4. The summed E-state index contributed by atoms with van der Waals surface area (Å²) in [7, 11) is -34.4. The number of benzene rings is 4. The molecule has 0 amide bonds. The predicted molar refractivity (Wildman–Crippen MR) is 206 cm³/mol. The zero-order chi connectivity index (χ0) is 46.0. The van der Waals surface area contributed by atoms with Crippen LogP contribution >= 0.6 is 0 Å². The number of nitrogens with zero attached hydrogens (tertiary/aromatic N) is 4. The lowest BCUT2D eigenvalue weighted by Crippen LogP contribution is -2.16. The van der Waals surface area contributed by atoms with Crippen LogP contribution in [0, 0.1) is 0 Å². The number of nitrogens with one attached hydrogen (secondary N) is 1. The minimum Gasteiger partial charge on any atom is -0.505 e. The van der Waals surface area contributed by atoms with Crippen molar-refractivity contribution in [2.24, 2.45) is 20.5 Å². The van der Waals surface area contributed by atoms with Gasteiger partial charge < -0.3 is 10.4 Å². The van der Waals surface area contributed by atoms with Gasteiger partial charge in [-0.1, -0.05) is 0 Å². The second-order valence-electron chi connectivity index (χ2n) is 11.6. The smallest absolute Gasteiger partial charge is 0.397 e. The predicted octanol–water partition coefficient (Wildman–Crippen LogP) is 2.31. The van der Waals surface area contributed by atoms with E-state index < -0.39 is 150 Å². The summed E-state index contributed by atoms with van der Waals surface area (Å²) in [6.07, 6.45) is 0. The monoisotopic (exact) mass is 997 g/mol. The molecule has 0 heterocycles. The number of phenolic OH excluding ortho intramolecular Hbond substituents is 1. The van der Waals surface area contributed by atoms with E-state index in [1.165, 1.54) is 0 Å². The minimum atomic E-state index is -5.48. The van der Waals surface area contributed by atoms with Crippen LogP contribution in [0.25, 0.3) is 10.8 Å². The first-order chi connectivity index (χ1) is 27.8. The van der Waals surface area contributed by atoms with Crippen molar-refractivity contribution in [3.8, 4) is 5.75 Å². The second-order valence-corrected chi connectivity index (χ2v) is 22.3. The first-order valence-corrected chi connectivity index (χ1v) is 26.0. The van der Waals surface area contributed by atoms with E-state index in [-0.39, 0.29) is 16.3 Å². The Balaban J connectivity index is 1.85. The molecule has 4 rings (SSSR count). The van der Waals surface area contributed by atoms with Crippen LogP contribution in [-0.2, 0) is 79.2 Å². The van der Waals surface area contributed by atoms with Crippen molar-refractivity contribution in [2.45, 2.75) is 19.6 Å². The van der Waals surface area contributed by atoms with Gasteiger partial charge in [0.2, 0.25) is 0 Å². The Morgan fingerprint density at radius 3 is 1.54 bits per heavy atom. The van der Waals surface area contributed by atoms with E-state index in [0.717, 1.165) is 36.4 Å². The van der Waals surface area contributed by atoms with Gasteiger partial charge in [0.25, 0.3) is 30.4 Å². The van der Waals surface area contributed by atoms with Gasteiger partial charge in [0, 0.05) is 10.8 Å². The first-order valence-electron chi connectivity index (χ1n) is 15.5. The number of sulfone groups is 2. The lowest BCUT2D eigenvalue weighted by atomic mass is 10.1. The van der Waals surface area contributed by atoms with Crippen LogP contribution in [0.4, 0.5) is 28.4 Å². The molecule has 4 aromatic carbocycles. The molecule has 334 valence electrons. The first kappa shape index (κ1) is 49.0.